The standard InChI is InChI=1S/C26H25N3O3/c1-18-21(7-5-9-24(18)31-2)19-10-12-20(13-11-19)28-14-16-29(17-15-28)26(30)25-22-6-3-4-8-23(22)27-32-25/h3-13H,14-17H2,1-2H3. The third kappa shape index (κ3) is 3.58. The van der Waals surface area contributed by atoms with E-state index < -0.39 is 0 Å². The maximum Gasteiger partial charge on any atom is 0.293 e. The zero-order valence-corrected chi connectivity index (χ0v) is 18.2. The highest BCUT2D eigenvalue weighted by Gasteiger charge is 2.26. The van der Waals surface area contributed by atoms with E-state index in [4.69, 9.17) is 9.26 Å². The van der Waals surface area contributed by atoms with Crippen molar-refractivity contribution in [3.8, 4) is 16.9 Å². The molecule has 6 nitrogen and oxygen atoms in total. The maximum atomic E-state index is 13.0. The number of hydrogen-bond donors (Lipinski definition) is 0. The van der Waals surface area contributed by atoms with Crippen LogP contribution < -0.4 is 9.64 Å². The number of fused-ring (bicyclic) bond motifs is 1. The third-order valence-corrected chi connectivity index (χ3v) is 6.19. The summed E-state index contributed by atoms with van der Waals surface area (Å²) in [6.45, 7) is 4.91. The molecule has 6 heteroatoms. The molecule has 0 aliphatic carbocycles. The molecule has 0 unspecified atom stereocenters. The van der Waals surface area contributed by atoms with E-state index in [0.29, 0.717) is 24.4 Å². The Kier molecular flexibility index (Phi) is 5.27. The lowest BCUT2D eigenvalue weighted by molar-refractivity contribution is 0.0707. The van der Waals surface area contributed by atoms with Gasteiger partial charge >= 0.3 is 0 Å². The molecule has 0 N–H and O–H groups in total. The van der Waals surface area contributed by atoms with Crippen molar-refractivity contribution in [2.24, 2.45) is 0 Å². The van der Waals surface area contributed by atoms with Gasteiger partial charge in [-0.15, -0.1) is 0 Å². The molecule has 0 radical (unpaired) electrons. The Balaban J connectivity index is 1.27. The number of amides is 1. The van der Waals surface area contributed by atoms with Crippen LogP contribution in [0.4, 0.5) is 5.69 Å². The summed E-state index contributed by atoms with van der Waals surface area (Å²) < 4.78 is 10.8. The van der Waals surface area contributed by atoms with Crippen LogP contribution in [0.1, 0.15) is 16.1 Å². The number of nitrogens with zero attached hydrogens (tertiary/aromatic N) is 3. The molecule has 2 heterocycles. The van der Waals surface area contributed by atoms with E-state index in [-0.39, 0.29) is 5.91 Å². The number of piperazine rings is 1. The Morgan fingerprint density at radius 1 is 0.938 bits per heavy atom. The normalized spacial score (nSPS) is 14.1. The minimum atomic E-state index is -0.0952. The van der Waals surface area contributed by atoms with E-state index in [9.17, 15) is 4.79 Å². The van der Waals surface area contributed by atoms with Crippen molar-refractivity contribution < 1.29 is 14.1 Å². The Bertz CT molecular complexity index is 1260. The van der Waals surface area contributed by atoms with Crippen LogP contribution in [0.5, 0.6) is 5.75 Å². The first-order valence-electron chi connectivity index (χ1n) is 10.8. The molecule has 1 fully saturated rings. The van der Waals surface area contributed by atoms with Gasteiger partial charge < -0.3 is 19.1 Å². The number of methoxy groups -OCH3 is 1. The lowest BCUT2D eigenvalue weighted by Crippen LogP contribution is -2.48. The second-order valence-corrected chi connectivity index (χ2v) is 7.99. The number of ether oxygens (including phenoxy) is 1. The van der Waals surface area contributed by atoms with E-state index in [1.54, 1.807) is 7.11 Å². The van der Waals surface area contributed by atoms with Gasteiger partial charge in [0.15, 0.2) is 0 Å². The Morgan fingerprint density at radius 2 is 1.69 bits per heavy atom. The molecule has 32 heavy (non-hydrogen) atoms. The van der Waals surface area contributed by atoms with E-state index in [0.717, 1.165) is 41.0 Å². The summed E-state index contributed by atoms with van der Waals surface area (Å²) in [4.78, 5) is 17.1. The van der Waals surface area contributed by atoms with Gasteiger partial charge in [-0.2, -0.15) is 0 Å². The molecular formula is C26H25N3O3. The minimum Gasteiger partial charge on any atom is -0.496 e. The van der Waals surface area contributed by atoms with Crippen LogP contribution in [0.25, 0.3) is 22.0 Å². The van der Waals surface area contributed by atoms with Gasteiger partial charge in [0.05, 0.1) is 12.5 Å². The summed E-state index contributed by atoms with van der Waals surface area (Å²) in [6.07, 6.45) is 0. The highest BCUT2D eigenvalue weighted by molar-refractivity contribution is 6.03. The van der Waals surface area contributed by atoms with E-state index >= 15 is 0 Å². The molecule has 0 bridgehead atoms. The molecule has 1 aliphatic rings. The SMILES string of the molecule is COc1cccc(-c2ccc(N3CCN(C(=O)c4onc5ccccc45)CC3)cc2)c1C. The van der Waals surface area contributed by atoms with Crippen LogP contribution in [0, 0.1) is 6.92 Å². The monoisotopic (exact) mass is 427 g/mol. The molecule has 162 valence electrons. The summed E-state index contributed by atoms with van der Waals surface area (Å²) in [5.41, 5.74) is 5.34. The molecule has 0 spiro atoms. The van der Waals surface area contributed by atoms with Crippen LogP contribution >= 0.6 is 0 Å². The molecule has 1 saturated heterocycles. The Labute approximate surface area is 187 Å². The number of hydrogen-bond acceptors (Lipinski definition) is 5. The highest BCUT2D eigenvalue weighted by atomic mass is 16.5. The van der Waals surface area contributed by atoms with Crippen molar-refractivity contribution in [2.45, 2.75) is 6.92 Å². The average Bonchev–Trinajstić information content (AvgIpc) is 3.28. The predicted octanol–water partition coefficient (Wildman–Crippen LogP) is 4.77. The largest absolute Gasteiger partial charge is 0.496 e. The maximum absolute atomic E-state index is 13.0. The Hall–Kier alpha value is -3.80. The van der Waals surface area contributed by atoms with Gasteiger partial charge in [-0.1, -0.05) is 41.6 Å². The fourth-order valence-electron chi connectivity index (χ4n) is 4.35. The summed E-state index contributed by atoms with van der Waals surface area (Å²) >= 11 is 0. The fraction of sp³-hybridized carbons (Fsp3) is 0.231. The van der Waals surface area contributed by atoms with Crippen molar-refractivity contribution in [3.05, 3.63) is 78.1 Å². The minimum absolute atomic E-state index is 0.0952. The number of carbonyl (C=O) groups excluding carboxylic acids is 1. The first kappa shape index (κ1) is 20.1. The lowest BCUT2D eigenvalue weighted by Gasteiger charge is -2.35. The lowest BCUT2D eigenvalue weighted by atomic mass is 9.99. The van der Waals surface area contributed by atoms with Crippen molar-refractivity contribution in [2.75, 3.05) is 38.2 Å². The van der Waals surface area contributed by atoms with Crippen molar-refractivity contribution in [1.29, 1.82) is 0 Å². The number of benzene rings is 3. The summed E-state index contributed by atoms with van der Waals surface area (Å²) in [6, 6.07) is 22.2. The number of rotatable bonds is 4. The molecule has 3 aromatic carbocycles. The number of anilines is 1. The van der Waals surface area contributed by atoms with Gasteiger partial charge in [-0.25, -0.2) is 0 Å². The fourth-order valence-corrected chi connectivity index (χ4v) is 4.35. The van der Waals surface area contributed by atoms with Crippen molar-refractivity contribution in [3.63, 3.8) is 0 Å². The molecule has 1 aliphatic heterocycles. The van der Waals surface area contributed by atoms with Gasteiger partial charge in [0.25, 0.3) is 5.91 Å². The van der Waals surface area contributed by atoms with Gasteiger partial charge in [0.1, 0.15) is 11.3 Å². The van der Waals surface area contributed by atoms with Crippen LogP contribution in [-0.4, -0.2) is 49.3 Å². The average molecular weight is 428 g/mol. The molecule has 5 rings (SSSR count). The third-order valence-electron chi connectivity index (χ3n) is 6.19. The summed E-state index contributed by atoms with van der Waals surface area (Å²) in [5.74, 6) is 1.13. The van der Waals surface area contributed by atoms with Crippen LogP contribution in [-0.2, 0) is 0 Å². The first-order valence-corrected chi connectivity index (χ1v) is 10.8. The molecule has 4 aromatic rings. The predicted molar refractivity (Wildman–Crippen MR) is 125 cm³/mol. The smallest absolute Gasteiger partial charge is 0.293 e. The topological polar surface area (TPSA) is 58.8 Å². The van der Waals surface area contributed by atoms with Gasteiger partial charge in [-0.3, -0.25) is 4.79 Å². The van der Waals surface area contributed by atoms with Crippen molar-refractivity contribution in [1.82, 2.24) is 10.1 Å². The second kappa shape index (κ2) is 8.38. The number of aromatic nitrogens is 1. The molecule has 0 saturated carbocycles. The number of carbonyl (C=O) groups is 1. The van der Waals surface area contributed by atoms with E-state index in [2.05, 4.69) is 47.3 Å². The second-order valence-electron chi connectivity index (χ2n) is 7.99. The van der Waals surface area contributed by atoms with Crippen molar-refractivity contribution >= 4 is 22.5 Å². The molecule has 0 atom stereocenters. The van der Waals surface area contributed by atoms with Crippen LogP contribution in [0.2, 0.25) is 0 Å². The van der Waals surface area contributed by atoms with Crippen LogP contribution in [0.3, 0.4) is 0 Å². The molecular weight excluding hydrogens is 402 g/mol. The highest BCUT2D eigenvalue weighted by Crippen LogP contribution is 2.31. The molecule has 1 aromatic heterocycles. The first-order chi connectivity index (χ1) is 15.7. The summed E-state index contributed by atoms with van der Waals surface area (Å²) in [5, 5.41) is 4.77. The molecule has 1 amide bonds. The quantitative estimate of drug-likeness (QED) is 0.469. The zero-order valence-electron chi connectivity index (χ0n) is 18.2. The zero-order chi connectivity index (χ0) is 22.1. The Morgan fingerprint density at radius 3 is 2.44 bits per heavy atom. The van der Waals surface area contributed by atoms with Crippen LogP contribution in [0.15, 0.2) is 71.3 Å². The van der Waals surface area contributed by atoms with Gasteiger partial charge in [0.2, 0.25) is 5.76 Å². The van der Waals surface area contributed by atoms with Gasteiger partial charge in [0, 0.05) is 31.9 Å². The summed E-state index contributed by atoms with van der Waals surface area (Å²) in [7, 11) is 1.70. The van der Waals surface area contributed by atoms with Gasteiger partial charge in [-0.05, 0) is 53.9 Å². The van der Waals surface area contributed by atoms with E-state index in [1.165, 1.54) is 5.56 Å². The van der Waals surface area contributed by atoms with E-state index in [1.807, 2.05) is 41.3 Å².